The summed E-state index contributed by atoms with van der Waals surface area (Å²) in [5, 5.41) is 4.47. The minimum atomic E-state index is 0.566. The van der Waals surface area contributed by atoms with E-state index >= 15 is 0 Å². The molecule has 0 bridgehead atoms. The van der Waals surface area contributed by atoms with Gasteiger partial charge in [-0.15, -0.1) is 0 Å². The first-order valence-electron chi connectivity index (χ1n) is 5.15. The van der Waals surface area contributed by atoms with Crippen molar-refractivity contribution >= 4 is 11.5 Å². The average Bonchev–Trinajstić information content (AvgIpc) is 2.58. The topological polar surface area (TPSA) is 60.0 Å². The molecule has 1 aliphatic rings. The smallest absolute Gasteiger partial charge is 0.147 e. The molecular formula is C11H13N5. The fourth-order valence-corrected chi connectivity index (χ4v) is 2.28. The number of aryl methyl sites for hydroxylation is 1. The predicted molar refractivity (Wildman–Crippen MR) is 63.0 cm³/mol. The van der Waals surface area contributed by atoms with Crippen molar-refractivity contribution in [2.24, 2.45) is 7.05 Å². The van der Waals surface area contributed by atoms with E-state index in [-0.39, 0.29) is 0 Å². The van der Waals surface area contributed by atoms with Crippen LogP contribution in [-0.4, -0.2) is 21.8 Å². The fraction of sp³-hybridized carbons (Fsp3) is 0.273. The highest BCUT2D eigenvalue weighted by Gasteiger charge is 2.24. The third kappa shape index (κ3) is 1.11. The molecule has 0 aliphatic carbocycles. The van der Waals surface area contributed by atoms with Crippen LogP contribution in [0.3, 0.4) is 0 Å². The number of nitrogens with two attached hydrogens (primary N) is 1. The fourth-order valence-electron chi connectivity index (χ4n) is 2.28. The van der Waals surface area contributed by atoms with Gasteiger partial charge in [0.15, 0.2) is 0 Å². The first kappa shape index (κ1) is 9.21. The van der Waals surface area contributed by atoms with Crippen LogP contribution in [0, 0.1) is 0 Å². The van der Waals surface area contributed by atoms with Crippen LogP contribution >= 0.6 is 0 Å². The van der Waals surface area contributed by atoms with Crippen LogP contribution in [-0.2, 0) is 13.6 Å². The Morgan fingerprint density at radius 3 is 3.00 bits per heavy atom. The lowest BCUT2D eigenvalue weighted by Gasteiger charge is -2.27. The summed E-state index contributed by atoms with van der Waals surface area (Å²) < 4.78 is 1.84. The standard InChI is InChI=1S/C11H13N5/c1-15-5-7-6-16(2)14-9(7)8-3-4-13-11(12)10(8)15/h3-4,6H,5H2,1-2H3,(H2,12,13). The SMILES string of the molecule is CN1Cc2cn(C)nc2-c2ccnc(N)c21. The molecule has 0 saturated carbocycles. The maximum atomic E-state index is 5.91. The maximum Gasteiger partial charge on any atom is 0.147 e. The molecule has 0 unspecified atom stereocenters. The first-order valence-corrected chi connectivity index (χ1v) is 5.15. The van der Waals surface area contributed by atoms with Crippen molar-refractivity contribution in [1.29, 1.82) is 0 Å². The predicted octanol–water partition coefficient (Wildman–Crippen LogP) is 1.01. The molecule has 2 N–H and O–H groups in total. The Bertz CT molecular complexity index is 557. The van der Waals surface area contributed by atoms with E-state index in [4.69, 9.17) is 5.73 Å². The Morgan fingerprint density at radius 2 is 2.19 bits per heavy atom. The molecular weight excluding hydrogens is 202 g/mol. The van der Waals surface area contributed by atoms with Gasteiger partial charge in [-0.05, 0) is 6.07 Å². The van der Waals surface area contributed by atoms with Crippen molar-refractivity contribution in [2.45, 2.75) is 6.54 Å². The summed E-state index contributed by atoms with van der Waals surface area (Å²) in [6.07, 6.45) is 3.77. The lowest BCUT2D eigenvalue weighted by atomic mass is 10.0. The maximum absolute atomic E-state index is 5.91. The van der Waals surface area contributed by atoms with Crippen molar-refractivity contribution < 1.29 is 0 Å². The molecule has 0 aromatic carbocycles. The summed E-state index contributed by atoms with van der Waals surface area (Å²) in [6, 6.07) is 1.97. The molecule has 2 aromatic rings. The van der Waals surface area contributed by atoms with Gasteiger partial charge in [-0.3, -0.25) is 4.68 Å². The molecule has 3 rings (SSSR count). The van der Waals surface area contributed by atoms with Gasteiger partial charge in [-0.25, -0.2) is 4.98 Å². The summed E-state index contributed by atoms with van der Waals surface area (Å²) in [5.41, 5.74) is 10.2. The van der Waals surface area contributed by atoms with Crippen molar-refractivity contribution in [3.8, 4) is 11.3 Å². The number of anilines is 2. The van der Waals surface area contributed by atoms with Gasteiger partial charge >= 0.3 is 0 Å². The molecule has 82 valence electrons. The van der Waals surface area contributed by atoms with Gasteiger partial charge in [0.25, 0.3) is 0 Å². The van der Waals surface area contributed by atoms with Gasteiger partial charge < -0.3 is 10.6 Å². The van der Waals surface area contributed by atoms with E-state index in [0.29, 0.717) is 5.82 Å². The summed E-state index contributed by atoms with van der Waals surface area (Å²) in [4.78, 5) is 6.24. The van der Waals surface area contributed by atoms with E-state index in [1.807, 2.05) is 31.0 Å². The molecule has 2 aromatic heterocycles. The second-order valence-corrected chi connectivity index (χ2v) is 4.13. The van der Waals surface area contributed by atoms with Gasteiger partial charge in [0.1, 0.15) is 5.82 Å². The summed E-state index contributed by atoms with van der Waals surface area (Å²) in [6.45, 7) is 0.825. The Hall–Kier alpha value is -2.04. The molecule has 0 atom stereocenters. The third-order valence-corrected chi connectivity index (χ3v) is 2.90. The van der Waals surface area contributed by atoms with Crippen LogP contribution in [0.2, 0.25) is 0 Å². The van der Waals surface area contributed by atoms with Gasteiger partial charge in [-0.1, -0.05) is 0 Å². The number of aromatic nitrogens is 3. The summed E-state index contributed by atoms with van der Waals surface area (Å²) >= 11 is 0. The molecule has 3 heterocycles. The highest BCUT2D eigenvalue weighted by molar-refractivity contribution is 5.86. The molecule has 0 radical (unpaired) electrons. The van der Waals surface area contributed by atoms with E-state index in [2.05, 4.69) is 15.0 Å². The zero-order valence-electron chi connectivity index (χ0n) is 9.31. The molecule has 5 heteroatoms. The summed E-state index contributed by atoms with van der Waals surface area (Å²) in [5.74, 6) is 0.566. The number of rotatable bonds is 0. The number of fused-ring (bicyclic) bond motifs is 3. The molecule has 0 amide bonds. The number of nitrogen functional groups attached to an aromatic ring is 1. The van der Waals surface area contributed by atoms with E-state index < -0.39 is 0 Å². The zero-order chi connectivity index (χ0) is 11.3. The number of hydrogen-bond donors (Lipinski definition) is 1. The third-order valence-electron chi connectivity index (χ3n) is 2.90. The van der Waals surface area contributed by atoms with E-state index in [0.717, 1.165) is 23.5 Å². The largest absolute Gasteiger partial charge is 0.382 e. The monoisotopic (exact) mass is 215 g/mol. The van der Waals surface area contributed by atoms with Crippen molar-refractivity contribution in [3.05, 3.63) is 24.0 Å². The van der Waals surface area contributed by atoms with Gasteiger partial charge in [0.2, 0.25) is 0 Å². The molecule has 1 aliphatic heterocycles. The van der Waals surface area contributed by atoms with Crippen molar-refractivity contribution in [2.75, 3.05) is 17.7 Å². The van der Waals surface area contributed by atoms with E-state index in [1.165, 1.54) is 5.56 Å². The second kappa shape index (κ2) is 2.98. The summed E-state index contributed by atoms with van der Waals surface area (Å²) in [7, 11) is 3.95. The van der Waals surface area contributed by atoms with E-state index in [9.17, 15) is 0 Å². The van der Waals surface area contributed by atoms with Crippen LogP contribution in [0.5, 0.6) is 0 Å². The van der Waals surface area contributed by atoms with E-state index in [1.54, 1.807) is 6.20 Å². The average molecular weight is 215 g/mol. The first-order chi connectivity index (χ1) is 7.66. The lowest BCUT2D eigenvalue weighted by molar-refractivity contribution is 0.770. The zero-order valence-corrected chi connectivity index (χ0v) is 9.31. The quantitative estimate of drug-likeness (QED) is 0.712. The highest BCUT2D eigenvalue weighted by atomic mass is 15.3. The molecule has 16 heavy (non-hydrogen) atoms. The van der Waals surface area contributed by atoms with Gasteiger partial charge in [-0.2, -0.15) is 5.10 Å². The number of hydrogen-bond acceptors (Lipinski definition) is 4. The minimum Gasteiger partial charge on any atom is -0.382 e. The van der Waals surface area contributed by atoms with Crippen molar-refractivity contribution in [3.63, 3.8) is 0 Å². The van der Waals surface area contributed by atoms with Crippen LogP contribution in [0.25, 0.3) is 11.3 Å². The molecule has 0 fully saturated rings. The Balaban J connectivity index is 2.32. The Morgan fingerprint density at radius 1 is 1.38 bits per heavy atom. The van der Waals surface area contributed by atoms with Gasteiger partial charge in [0.05, 0.1) is 11.4 Å². The van der Waals surface area contributed by atoms with Gasteiger partial charge in [0, 0.05) is 44.2 Å². The lowest BCUT2D eigenvalue weighted by Crippen LogP contribution is -2.22. The normalized spacial score (nSPS) is 13.5. The minimum absolute atomic E-state index is 0.566. The second-order valence-electron chi connectivity index (χ2n) is 4.13. The Kier molecular flexibility index (Phi) is 1.71. The molecule has 0 saturated heterocycles. The van der Waals surface area contributed by atoms with Crippen LogP contribution in [0.15, 0.2) is 18.5 Å². The number of nitrogens with zero attached hydrogens (tertiary/aromatic N) is 4. The highest BCUT2D eigenvalue weighted by Crippen LogP contribution is 2.39. The van der Waals surface area contributed by atoms with Crippen LogP contribution < -0.4 is 10.6 Å². The Labute approximate surface area is 93.5 Å². The molecule has 0 spiro atoms. The van der Waals surface area contributed by atoms with Crippen molar-refractivity contribution in [1.82, 2.24) is 14.8 Å². The van der Waals surface area contributed by atoms with Crippen LogP contribution in [0.1, 0.15) is 5.56 Å². The van der Waals surface area contributed by atoms with Crippen LogP contribution in [0.4, 0.5) is 11.5 Å². The molecule has 5 nitrogen and oxygen atoms in total. The number of pyridine rings is 1.